The van der Waals surface area contributed by atoms with Crippen LogP contribution in [0.3, 0.4) is 0 Å². The van der Waals surface area contributed by atoms with E-state index in [1.165, 1.54) is 19.3 Å². The predicted molar refractivity (Wildman–Crippen MR) is 42.4 cm³/mol. The molecule has 0 unspecified atom stereocenters. The van der Waals surface area contributed by atoms with Crippen LogP contribution in [-0.2, 0) is 5.41 Å². The van der Waals surface area contributed by atoms with E-state index in [4.69, 9.17) is 4.52 Å². The van der Waals surface area contributed by atoms with Crippen molar-refractivity contribution < 1.29 is 4.52 Å². The van der Waals surface area contributed by atoms with Gasteiger partial charge in [0.15, 0.2) is 0 Å². The lowest BCUT2D eigenvalue weighted by Gasteiger charge is -2.35. The molecule has 1 aromatic heterocycles. The third kappa shape index (κ3) is 0.971. The summed E-state index contributed by atoms with van der Waals surface area (Å²) in [6, 6.07) is 2.05. The fourth-order valence-electron chi connectivity index (χ4n) is 1.60. The molecule has 60 valence electrons. The molecule has 2 rings (SSSR count). The highest BCUT2D eigenvalue weighted by Gasteiger charge is 2.36. The highest BCUT2D eigenvalue weighted by Crippen LogP contribution is 2.43. The summed E-state index contributed by atoms with van der Waals surface area (Å²) in [4.78, 5) is 0. The van der Waals surface area contributed by atoms with Gasteiger partial charge < -0.3 is 4.52 Å². The third-order valence-corrected chi connectivity index (χ3v) is 2.68. The molecule has 11 heavy (non-hydrogen) atoms. The summed E-state index contributed by atoms with van der Waals surface area (Å²) in [6.07, 6.45) is 3.83. The van der Waals surface area contributed by atoms with Crippen LogP contribution in [0.1, 0.15) is 37.6 Å². The van der Waals surface area contributed by atoms with Crippen LogP contribution in [0.15, 0.2) is 10.6 Å². The summed E-state index contributed by atoms with van der Waals surface area (Å²) in [5, 5.41) is 3.89. The lowest BCUT2D eigenvalue weighted by molar-refractivity contribution is 0.202. The molecule has 0 N–H and O–H groups in total. The number of nitrogens with zero attached hydrogens (tertiary/aromatic N) is 1. The summed E-state index contributed by atoms with van der Waals surface area (Å²) < 4.78 is 5.22. The first kappa shape index (κ1) is 6.89. The molecule has 0 atom stereocenters. The van der Waals surface area contributed by atoms with Gasteiger partial charge in [-0.2, -0.15) is 0 Å². The SMILES string of the molecule is Cc1cc(C2(C)CCC2)on1. The second-order valence-corrected chi connectivity index (χ2v) is 3.75. The van der Waals surface area contributed by atoms with Gasteiger partial charge in [0.2, 0.25) is 0 Å². The molecule has 1 aliphatic rings. The Hall–Kier alpha value is -0.790. The average Bonchev–Trinajstić information content (AvgIpc) is 2.31. The second kappa shape index (κ2) is 2.10. The van der Waals surface area contributed by atoms with E-state index < -0.39 is 0 Å². The minimum atomic E-state index is 0.307. The molecule has 1 aromatic rings. The summed E-state index contributed by atoms with van der Waals surface area (Å²) in [5.74, 6) is 1.07. The second-order valence-electron chi connectivity index (χ2n) is 3.75. The normalized spacial score (nSPS) is 21.3. The van der Waals surface area contributed by atoms with Gasteiger partial charge in [0.05, 0.1) is 5.69 Å². The van der Waals surface area contributed by atoms with Gasteiger partial charge in [-0.25, -0.2) is 0 Å². The molecule has 0 bridgehead atoms. The molecule has 1 heterocycles. The zero-order chi connectivity index (χ0) is 7.90. The van der Waals surface area contributed by atoms with Crippen molar-refractivity contribution in [3.05, 3.63) is 17.5 Å². The molecule has 1 fully saturated rings. The minimum Gasteiger partial charge on any atom is -0.361 e. The van der Waals surface area contributed by atoms with Gasteiger partial charge in [0, 0.05) is 11.5 Å². The Kier molecular flexibility index (Phi) is 1.31. The van der Waals surface area contributed by atoms with Crippen molar-refractivity contribution in [1.82, 2.24) is 5.16 Å². The zero-order valence-electron chi connectivity index (χ0n) is 7.05. The Morgan fingerprint density at radius 1 is 1.55 bits per heavy atom. The fraction of sp³-hybridized carbons (Fsp3) is 0.667. The van der Waals surface area contributed by atoms with Crippen molar-refractivity contribution >= 4 is 0 Å². The van der Waals surface area contributed by atoms with Gasteiger partial charge in [-0.1, -0.05) is 18.5 Å². The molecule has 0 aliphatic heterocycles. The Labute approximate surface area is 66.6 Å². The molecule has 2 heteroatoms. The van der Waals surface area contributed by atoms with E-state index >= 15 is 0 Å². The number of aromatic nitrogens is 1. The summed E-state index contributed by atoms with van der Waals surface area (Å²) in [6.45, 7) is 4.21. The van der Waals surface area contributed by atoms with E-state index in [-0.39, 0.29) is 0 Å². The lowest BCUT2D eigenvalue weighted by Crippen LogP contribution is -2.29. The molecule has 0 saturated heterocycles. The van der Waals surface area contributed by atoms with Crippen LogP contribution in [0.4, 0.5) is 0 Å². The Bertz CT molecular complexity index is 260. The average molecular weight is 151 g/mol. The fourth-order valence-corrected chi connectivity index (χ4v) is 1.60. The first-order chi connectivity index (χ1) is 5.21. The number of rotatable bonds is 1. The van der Waals surface area contributed by atoms with Crippen LogP contribution in [0.5, 0.6) is 0 Å². The molecule has 1 saturated carbocycles. The van der Waals surface area contributed by atoms with Crippen molar-refractivity contribution in [2.45, 2.75) is 38.5 Å². The predicted octanol–water partition coefficient (Wildman–Crippen LogP) is 2.42. The van der Waals surface area contributed by atoms with E-state index in [2.05, 4.69) is 18.1 Å². The van der Waals surface area contributed by atoms with E-state index in [0.717, 1.165) is 11.5 Å². The quantitative estimate of drug-likeness (QED) is 0.616. The number of hydrogen-bond donors (Lipinski definition) is 0. The molecular formula is C9H13NO. The molecule has 1 aliphatic carbocycles. The van der Waals surface area contributed by atoms with E-state index in [9.17, 15) is 0 Å². The van der Waals surface area contributed by atoms with Crippen molar-refractivity contribution in [2.24, 2.45) is 0 Å². The summed E-state index contributed by atoms with van der Waals surface area (Å²) in [7, 11) is 0. The Morgan fingerprint density at radius 2 is 2.27 bits per heavy atom. The molecule has 0 aromatic carbocycles. The van der Waals surface area contributed by atoms with Gasteiger partial charge in [0.1, 0.15) is 5.76 Å². The van der Waals surface area contributed by atoms with Gasteiger partial charge in [0.25, 0.3) is 0 Å². The third-order valence-electron chi connectivity index (χ3n) is 2.68. The molecule has 2 nitrogen and oxygen atoms in total. The maximum absolute atomic E-state index is 5.22. The monoisotopic (exact) mass is 151 g/mol. The Balaban J connectivity index is 2.28. The maximum atomic E-state index is 5.22. The summed E-state index contributed by atoms with van der Waals surface area (Å²) in [5.41, 5.74) is 1.30. The van der Waals surface area contributed by atoms with Gasteiger partial charge >= 0.3 is 0 Å². The van der Waals surface area contributed by atoms with E-state index in [1.54, 1.807) is 0 Å². The van der Waals surface area contributed by atoms with Crippen molar-refractivity contribution in [3.8, 4) is 0 Å². The van der Waals surface area contributed by atoms with Gasteiger partial charge in [-0.3, -0.25) is 0 Å². The Morgan fingerprint density at radius 3 is 2.64 bits per heavy atom. The van der Waals surface area contributed by atoms with Crippen LogP contribution in [-0.4, -0.2) is 5.16 Å². The van der Waals surface area contributed by atoms with Crippen LogP contribution >= 0.6 is 0 Å². The van der Waals surface area contributed by atoms with Crippen LogP contribution in [0, 0.1) is 6.92 Å². The van der Waals surface area contributed by atoms with Crippen LogP contribution in [0.2, 0.25) is 0 Å². The molecule has 0 amide bonds. The topological polar surface area (TPSA) is 26.0 Å². The molecule has 0 spiro atoms. The number of aryl methyl sites for hydroxylation is 1. The van der Waals surface area contributed by atoms with Crippen molar-refractivity contribution in [2.75, 3.05) is 0 Å². The first-order valence-corrected chi connectivity index (χ1v) is 4.14. The van der Waals surface area contributed by atoms with Gasteiger partial charge in [-0.15, -0.1) is 0 Å². The van der Waals surface area contributed by atoms with E-state index in [1.807, 2.05) is 6.92 Å². The smallest absolute Gasteiger partial charge is 0.142 e. The van der Waals surface area contributed by atoms with Crippen LogP contribution in [0.25, 0.3) is 0 Å². The highest BCUT2D eigenvalue weighted by molar-refractivity contribution is 5.17. The van der Waals surface area contributed by atoms with E-state index in [0.29, 0.717) is 5.41 Å². The highest BCUT2D eigenvalue weighted by atomic mass is 16.5. The summed E-state index contributed by atoms with van der Waals surface area (Å²) >= 11 is 0. The molecule has 0 radical (unpaired) electrons. The minimum absolute atomic E-state index is 0.307. The lowest BCUT2D eigenvalue weighted by atomic mass is 9.69. The first-order valence-electron chi connectivity index (χ1n) is 4.14. The van der Waals surface area contributed by atoms with Crippen molar-refractivity contribution in [1.29, 1.82) is 0 Å². The molecular weight excluding hydrogens is 138 g/mol. The van der Waals surface area contributed by atoms with Gasteiger partial charge in [-0.05, 0) is 19.8 Å². The van der Waals surface area contributed by atoms with Crippen molar-refractivity contribution in [3.63, 3.8) is 0 Å². The standard InChI is InChI=1S/C9H13NO/c1-7-6-8(11-10-7)9(2)4-3-5-9/h6H,3-5H2,1-2H3. The zero-order valence-corrected chi connectivity index (χ0v) is 7.05. The largest absolute Gasteiger partial charge is 0.361 e. The number of hydrogen-bond acceptors (Lipinski definition) is 2. The van der Waals surface area contributed by atoms with Crippen LogP contribution < -0.4 is 0 Å². The maximum Gasteiger partial charge on any atom is 0.142 e.